The maximum Gasteiger partial charge on any atom is 0.326 e. The van der Waals surface area contributed by atoms with Gasteiger partial charge in [0.05, 0.1) is 13.0 Å². The highest BCUT2D eigenvalue weighted by Gasteiger charge is 2.21. The fourth-order valence-electron chi connectivity index (χ4n) is 1.87. The molecule has 0 unspecified atom stereocenters. The summed E-state index contributed by atoms with van der Waals surface area (Å²) in [6.45, 7) is 4.39. The molecule has 2 N–H and O–H groups in total. The number of hydrogen-bond acceptors (Lipinski definition) is 3. The van der Waals surface area contributed by atoms with E-state index in [0.717, 1.165) is 0 Å². The van der Waals surface area contributed by atoms with E-state index in [-0.39, 0.29) is 19.1 Å². The number of hydrogen-bond donors (Lipinski definition) is 2. The van der Waals surface area contributed by atoms with Crippen LogP contribution in [-0.2, 0) is 4.79 Å². The summed E-state index contributed by atoms with van der Waals surface area (Å²) in [5, 5.41) is 11.2. The third kappa shape index (κ3) is 3.50. The zero-order valence-electron chi connectivity index (χ0n) is 11.0. The third-order valence-corrected chi connectivity index (χ3v) is 2.88. The van der Waals surface area contributed by atoms with Crippen molar-refractivity contribution in [2.75, 3.05) is 18.1 Å². The zero-order valence-corrected chi connectivity index (χ0v) is 11.0. The second kappa shape index (κ2) is 6.10. The van der Waals surface area contributed by atoms with E-state index in [4.69, 9.17) is 9.84 Å². The van der Waals surface area contributed by atoms with Crippen molar-refractivity contribution in [3.63, 3.8) is 0 Å². The summed E-state index contributed by atoms with van der Waals surface area (Å²) in [5.41, 5.74) is 1.42. The normalized spacial score (nSPS) is 14.9. The van der Waals surface area contributed by atoms with Crippen LogP contribution in [0.5, 0.6) is 5.75 Å². The number of aliphatic carboxylic acids is 1. The first-order valence-corrected chi connectivity index (χ1v) is 6.27. The molecule has 2 amide bonds. The van der Waals surface area contributed by atoms with Gasteiger partial charge in [0, 0.05) is 30.4 Å². The first-order valence-electron chi connectivity index (χ1n) is 6.27. The van der Waals surface area contributed by atoms with Gasteiger partial charge in [-0.3, -0.25) is 9.69 Å². The van der Waals surface area contributed by atoms with Gasteiger partial charge in [-0.15, -0.1) is 0 Å². The molecule has 1 aliphatic rings. The molecule has 1 heterocycles. The SMILES string of the molecule is C=C1CCN(c2cccc(OCCC(=O)O)c2)C(=O)N1. The molecular weight excluding hydrogens is 260 g/mol. The Morgan fingerprint density at radius 2 is 2.30 bits per heavy atom. The summed E-state index contributed by atoms with van der Waals surface area (Å²) >= 11 is 0. The first kappa shape index (κ1) is 13.9. The molecule has 1 fully saturated rings. The molecule has 0 atom stereocenters. The number of benzene rings is 1. The Bertz CT molecular complexity index is 542. The summed E-state index contributed by atoms with van der Waals surface area (Å²) < 4.78 is 5.35. The van der Waals surface area contributed by atoms with E-state index in [1.807, 2.05) is 0 Å². The van der Waals surface area contributed by atoms with Crippen LogP contribution in [0.15, 0.2) is 36.5 Å². The standard InChI is InChI=1S/C14H16N2O4/c1-10-5-7-16(14(19)15-10)11-3-2-4-12(9-11)20-8-6-13(17)18/h2-4,9H,1,5-8H2,(H,15,19)(H,17,18). The quantitative estimate of drug-likeness (QED) is 0.861. The number of nitrogens with one attached hydrogen (secondary N) is 1. The Hall–Kier alpha value is -2.50. The Kier molecular flexibility index (Phi) is 4.24. The molecule has 0 aromatic heterocycles. The van der Waals surface area contributed by atoms with Gasteiger partial charge < -0.3 is 15.2 Å². The van der Waals surface area contributed by atoms with Crippen molar-refractivity contribution in [2.45, 2.75) is 12.8 Å². The van der Waals surface area contributed by atoms with Gasteiger partial charge in [0.2, 0.25) is 0 Å². The molecule has 0 bridgehead atoms. The molecule has 106 valence electrons. The number of nitrogens with zero attached hydrogens (tertiary/aromatic N) is 1. The molecule has 0 spiro atoms. The van der Waals surface area contributed by atoms with Gasteiger partial charge in [0.25, 0.3) is 0 Å². The van der Waals surface area contributed by atoms with Gasteiger partial charge in [-0.25, -0.2) is 4.79 Å². The van der Waals surface area contributed by atoms with Gasteiger partial charge in [-0.05, 0) is 12.1 Å². The summed E-state index contributed by atoms with van der Waals surface area (Å²) in [7, 11) is 0. The number of anilines is 1. The van der Waals surface area contributed by atoms with E-state index in [1.165, 1.54) is 0 Å². The lowest BCUT2D eigenvalue weighted by Gasteiger charge is -2.28. The first-order chi connectivity index (χ1) is 9.56. The van der Waals surface area contributed by atoms with Crippen molar-refractivity contribution >= 4 is 17.7 Å². The van der Waals surface area contributed by atoms with Crippen molar-refractivity contribution in [1.29, 1.82) is 0 Å². The number of carbonyl (C=O) groups is 2. The zero-order chi connectivity index (χ0) is 14.5. The maximum atomic E-state index is 11.9. The number of carbonyl (C=O) groups excluding carboxylic acids is 1. The second-order valence-corrected chi connectivity index (χ2v) is 4.42. The van der Waals surface area contributed by atoms with Crippen LogP contribution in [0.4, 0.5) is 10.5 Å². The maximum absolute atomic E-state index is 11.9. The molecule has 1 aliphatic heterocycles. The molecule has 1 saturated heterocycles. The van der Waals surface area contributed by atoms with Crippen LogP contribution >= 0.6 is 0 Å². The fraction of sp³-hybridized carbons (Fsp3) is 0.286. The fourth-order valence-corrected chi connectivity index (χ4v) is 1.87. The van der Waals surface area contributed by atoms with Crippen LogP contribution < -0.4 is 15.0 Å². The van der Waals surface area contributed by atoms with E-state index in [1.54, 1.807) is 29.2 Å². The second-order valence-electron chi connectivity index (χ2n) is 4.42. The van der Waals surface area contributed by atoms with Crippen molar-refractivity contribution < 1.29 is 19.4 Å². The Morgan fingerprint density at radius 3 is 3.00 bits per heavy atom. The highest BCUT2D eigenvalue weighted by molar-refractivity contribution is 5.94. The molecule has 2 rings (SSSR count). The highest BCUT2D eigenvalue weighted by Crippen LogP contribution is 2.23. The van der Waals surface area contributed by atoms with E-state index < -0.39 is 5.97 Å². The smallest absolute Gasteiger partial charge is 0.326 e. The summed E-state index contributed by atoms with van der Waals surface area (Å²) in [6, 6.07) is 6.80. The van der Waals surface area contributed by atoms with Crippen molar-refractivity contribution in [1.82, 2.24) is 5.32 Å². The molecule has 1 aromatic rings. The molecule has 1 aromatic carbocycles. The minimum atomic E-state index is -0.907. The van der Waals surface area contributed by atoms with Crippen molar-refractivity contribution in [3.8, 4) is 5.75 Å². The van der Waals surface area contributed by atoms with Gasteiger partial charge in [-0.2, -0.15) is 0 Å². The average molecular weight is 276 g/mol. The molecule has 0 aliphatic carbocycles. The lowest BCUT2D eigenvalue weighted by Crippen LogP contribution is -2.45. The number of carboxylic acids is 1. The number of rotatable bonds is 5. The Balaban J connectivity index is 2.03. The monoisotopic (exact) mass is 276 g/mol. The molecule has 6 heteroatoms. The van der Waals surface area contributed by atoms with Crippen LogP contribution in [0.1, 0.15) is 12.8 Å². The molecular formula is C14H16N2O4. The number of ether oxygens (including phenoxy) is 1. The van der Waals surface area contributed by atoms with E-state index in [0.29, 0.717) is 30.1 Å². The minimum Gasteiger partial charge on any atom is -0.493 e. The van der Waals surface area contributed by atoms with E-state index in [9.17, 15) is 9.59 Å². The number of urea groups is 1. The van der Waals surface area contributed by atoms with Gasteiger partial charge in [-0.1, -0.05) is 12.6 Å². The van der Waals surface area contributed by atoms with E-state index >= 15 is 0 Å². The minimum absolute atomic E-state index is 0.0613. The Morgan fingerprint density at radius 1 is 1.50 bits per heavy atom. The average Bonchev–Trinajstić information content (AvgIpc) is 2.38. The molecule has 0 radical (unpaired) electrons. The summed E-state index contributed by atoms with van der Waals surface area (Å²) in [5.74, 6) is -0.365. The van der Waals surface area contributed by atoms with Crippen LogP contribution in [0, 0.1) is 0 Å². The van der Waals surface area contributed by atoms with Crippen LogP contribution in [-0.4, -0.2) is 30.3 Å². The number of carboxylic acid groups (broad SMARTS) is 1. The summed E-state index contributed by atoms with van der Waals surface area (Å²) in [4.78, 5) is 23.9. The van der Waals surface area contributed by atoms with Crippen LogP contribution in [0.25, 0.3) is 0 Å². The molecule has 0 saturated carbocycles. The van der Waals surface area contributed by atoms with Crippen LogP contribution in [0.2, 0.25) is 0 Å². The molecule has 20 heavy (non-hydrogen) atoms. The Labute approximate surface area is 116 Å². The number of amides is 2. The van der Waals surface area contributed by atoms with Gasteiger partial charge >= 0.3 is 12.0 Å². The van der Waals surface area contributed by atoms with Crippen molar-refractivity contribution in [3.05, 3.63) is 36.5 Å². The predicted octanol–water partition coefficient (Wildman–Crippen LogP) is 1.97. The summed E-state index contributed by atoms with van der Waals surface area (Å²) in [6.07, 6.45) is 0.629. The lowest BCUT2D eigenvalue weighted by atomic mass is 10.2. The van der Waals surface area contributed by atoms with Gasteiger partial charge in [0.15, 0.2) is 0 Å². The third-order valence-electron chi connectivity index (χ3n) is 2.88. The molecule has 6 nitrogen and oxygen atoms in total. The van der Waals surface area contributed by atoms with Crippen LogP contribution in [0.3, 0.4) is 0 Å². The largest absolute Gasteiger partial charge is 0.493 e. The highest BCUT2D eigenvalue weighted by atomic mass is 16.5. The van der Waals surface area contributed by atoms with E-state index in [2.05, 4.69) is 11.9 Å². The lowest BCUT2D eigenvalue weighted by molar-refractivity contribution is -0.137. The predicted molar refractivity (Wildman–Crippen MR) is 73.8 cm³/mol. The van der Waals surface area contributed by atoms with Crippen molar-refractivity contribution in [2.24, 2.45) is 0 Å². The van der Waals surface area contributed by atoms with Gasteiger partial charge in [0.1, 0.15) is 5.75 Å². The topological polar surface area (TPSA) is 78.9 Å².